The smallest absolute Gasteiger partial charge is 0.326 e. The van der Waals surface area contributed by atoms with Gasteiger partial charge in [-0.05, 0) is 99.7 Å². The third-order valence-electron chi connectivity index (χ3n) is 7.97. The molecule has 5 nitrogen and oxygen atoms in total. The molecule has 4 bridgehead atoms. The van der Waals surface area contributed by atoms with Gasteiger partial charge in [0.25, 0.3) is 0 Å². The molecule has 1 N–H and O–H groups in total. The van der Waals surface area contributed by atoms with E-state index in [4.69, 9.17) is 4.74 Å². The van der Waals surface area contributed by atoms with Crippen molar-refractivity contribution in [3.63, 3.8) is 0 Å². The van der Waals surface area contributed by atoms with Crippen molar-refractivity contribution in [2.24, 2.45) is 23.2 Å². The van der Waals surface area contributed by atoms with Crippen LogP contribution in [0.5, 0.6) is 0 Å². The lowest BCUT2D eigenvalue weighted by atomic mass is 9.49. The Balaban J connectivity index is 1.14. The summed E-state index contributed by atoms with van der Waals surface area (Å²) in [6.45, 7) is 1.44. The first-order valence-electron chi connectivity index (χ1n) is 11.6. The summed E-state index contributed by atoms with van der Waals surface area (Å²) in [5.41, 5.74) is 2.85. The van der Waals surface area contributed by atoms with E-state index in [-0.39, 0.29) is 23.7 Å². The highest BCUT2D eigenvalue weighted by Crippen LogP contribution is 2.60. The standard InChI is InChI=1S/C25H31NO4/c1-15(23(28)21-6-5-19-3-2-4-20(19)10-21)30-22(27)14-26-24(29)25-11-16-7-17(12-25)9-18(8-16)13-25/h5-6,10,15-18H,2-4,7-9,11-14H2,1H3,(H,26,29)/t15-,16?,17?,18?,25?/m1/s1. The summed E-state index contributed by atoms with van der Waals surface area (Å²) in [7, 11) is 0. The predicted octanol–water partition coefficient (Wildman–Crippen LogP) is 3.62. The van der Waals surface area contributed by atoms with Gasteiger partial charge in [-0.2, -0.15) is 0 Å². The highest BCUT2D eigenvalue weighted by atomic mass is 16.5. The Morgan fingerprint density at radius 2 is 1.67 bits per heavy atom. The second kappa shape index (κ2) is 7.51. The molecule has 0 spiro atoms. The molecule has 0 heterocycles. The quantitative estimate of drug-likeness (QED) is 0.575. The summed E-state index contributed by atoms with van der Waals surface area (Å²) in [5, 5.41) is 2.83. The SMILES string of the molecule is C[C@@H](OC(=O)CNC(=O)C12CC3CC(CC(C3)C1)C2)C(=O)c1ccc2c(c1)CCC2. The molecule has 1 atom stereocenters. The number of amides is 1. The number of benzene rings is 1. The highest BCUT2D eigenvalue weighted by Gasteiger charge is 2.54. The molecule has 160 valence electrons. The first-order valence-corrected chi connectivity index (χ1v) is 11.6. The lowest BCUT2D eigenvalue weighted by molar-refractivity contribution is -0.152. The molecule has 30 heavy (non-hydrogen) atoms. The van der Waals surface area contributed by atoms with Crippen LogP contribution in [-0.2, 0) is 27.2 Å². The van der Waals surface area contributed by atoms with E-state index in [1.807, 2.05) is 18.2 Å². The summed E-state index contributed by atoms with van der Waals surface area (Å²) in [5.74, 6) is 1.31. The molecular weight excluding hydrogens is 378 g/mol. The number of aryl methyl sites for hydroxylation is 2. The van der Waals surface area contributed by atoms with Crippen molar-refractivity contribution in [1.82, 2.24) is 5.32 Å². The van der Waals surface area contributed by atoms with Gasteiger partial charge in [0, 0.05) is 11.0 Å². The van der Waals surface area contributed by atoms with E-state index in [1.54, 1.807) is 6.92 Å². The van der Waals surface area contributed by atoms with E-state index in [0.717, 1.165) is 38.5 Å². The molecule has 0 saturated heterocycles. The molecule has 1 aromatic rings. The maximum atomic E-state index is 13.0. The summed E-state index contributed by atoms with van der Waals surface area (Å²) in [4.78, 5) is 38.0. The molecule has 1 amide bonds. The van der Waals surface area contributed by atoms with Crippen LogP contribution in [-0.4, -0.2) is 30.3 Å². The Kier molecular flexibility index (Phi) is 4.95. The Bertz CT molecular complexity index is 854. The normalized spacial score (nSPS) is 31.8. The van der Waals surface area contributed by atoms with E-state index in [2.05, 4.69) is 5.32 Å². The maximum Gasteiger partial charge on any atom is 0.326 e. The van der Waals surface area contributed by atoms with Crippen LogP contribution in [0.2, 0.25) is 0 Å². The fraction of sp³-hybridized carbons (Fsp3) is 0.640. The van der Waals surface area contributed by atoms with Gasteiger partial charge in [-0.25, -0.2) is 0 Å². The number of ether oxygens (including phenoxy) is 1. The molecule has 1 aromatic carbocycles. The van der Waals surface area contributed by atoms with Crippen LogP contribution in [0, 0.1) is 23.2 Å². The van der Waals surface area contributed by atoms with Crippen LogP contribution in [0.1, 0.15) is 73.4 Å². The summed E-state index contributed by atoms with van der Waals surface area (Å²) in [6, 6.07) is 5.77. The average molecular weight is 410 g/mol. The largest absolute Gasteiger partial charge is 0.453 e. The average Bonchev–Trinajstić information content (AvgIpc) is 3.18. The molecule has 0 aromatic heterocycles. The van der Waals surface area contributed by atoms with Gasteiger partial charge in [0.2, 0.25) is 11.7 Å². The van der Waals surface area contributed by atoms with Crippen LogP contribution in [0.15, 0.2) is 18.2 Å². The Morgan fingerprint density at radius 1 is 1.03 bits per heavy atom. The molecule has 5 aliphatic carbocycles. The Labute approximate surface area is 177 Å². The van der Waals surface area contributed by atoms with Crippen molar-refractivity contribution in [1.29, 1.82) is 0 Å². The number of fused-ring (bicyclic) bond motifs is 1. The lowest BCUT2D eigenvalue weighted by Crippen LogP contribution is -2.54. The van der Waals surface area contributed by atoms with Gasteiger partial charge in [0.15, 0.2) is 6.10 Å². The van der Waals surface area contributed by atoms with Gasteiger partial charge in [-0.1, -0.05) is 12.1 Å². The summed E-state index contributed by atoms with van der Waals surface area (Å²) < 4.78 is 5.35. The number of hydrogen-bond acceptors (Lipinski definition) is 4. The minimum atomic E-state index is -0.853. The van der Waals surface area contributed by atoms with Crippen LogP contribution in [0.25, 0.3) is 0 Å². The summed E-state index contributed by atoms with van der Waals surface area (Å²) in [6.07, 6.45) is 9.06. The second-order valence-electron chi connectivity index (χ2n) is 10.2. The Morgan fingerprint density at radius 3 is 2.33 bits per heavy atom. The van der Waals surface area contributed by atoms with Crippen molar-refractivity contribution < 1.29 is 19.1 Å². The zero-order valence-electron chi connectivity index (χ0n) is 17.7. The molecule has 4 saturated carbocycles. The van der Waals surface area contributed by atoms with Gasteiger partial charge < -0.3 is 10.1 Å². The molecule has 4 fully saturated rings. The van der Waals surface area contributed by atoms with Gasteiger partial charge in [-0.15, -0.1) is 0 Å². The number of carbonyl (C=O) groups is 3. The zero-order chi connectivity index (χ0) is 20.9. The fourth-order valence-corrected chi connectivity index (χ4v) is 6.98. The van der Waals surface area contributed by atoms with E-state index < -0.39 is 12.1 Å². The van der Waals surface area contributed by atoms with Crippen LogP contribution >= 0.6 is 0 Å². The number of rotatable bonds is 6. The third-order valence-corrected chi connectivity index (χ3v) is 7.97. The molecule has 0 aliphatic heterocycles. The second-order valence-corrected chi connectivity index (χ2v) is 10.2. The monoisotopic (exact) mass is 409 g/mol. The van der Waals surface area contributed by atoms with E-state index in [1.165, 1.54) is 30.4 Å². The van der Waals surface area contributed by atoms with Crippen molar-refractivity contribution >= 4 is 17.7 Å². The van der Waals surface area contributed by atoms with Crippen molar-refractivity contribution in [3.8, 4) is 0 Å². The third kappa shape index (κ3) is 3.57. The number of hydrogen-bond donors (Lipinski definition) is 1. The fourth-order valence-electron chi connectivity index (χ4n) is 6.98. The predicted molar refractivity (Wildman–Crippen MR) is 112 cm³/mol. The van der Waals surface area contributed by atoms with Crippen LogP contribution in [0.4, 0.5) is 0 Å². The molecule has 0 radical (unpaired) electrons. The topological polar surface area (TPSA) is 72.5 Å². The number of ketones is 1. The molecule has 6 rings (SSSR count). The molecular formula is C25H31NO4. The zero-order valence-corrected chi connectivity index (χ0v) is 17.7. The first kappa shape index (κ1) is 19.8. The van der Waals surface area contributed by atoms with E-state index in [0.29, 0.717) is 23.3 Å². The highest BCUT2D eigenvalue weighted by molar-refractivity contribution is 6.00. The first-order chi connectivity index (χ1) is 14.4. The lowest BCUT2D eigenvalue weighted by Gasteiger charge is -2.55. The minimum absolute atomic E-state index is 0.0103. The van der Waals surface area contributed by atoms with Crippen molar-refractivity contribution in [2.45, 2.75) is 70.8 Å². The molecule has 5 aliphatic rings. The van der Waals surface area contributed by atoms with Gasteiger partial charge in [-0.3, -0.25) is 14.4 Å². The van der Waals surface area contributed by atoms with Crippen LogP contribution in [0.3, 0.4) is 0 Å². The summed E-state index contributed by atoms with van der Waals surface area (Å²) >= 11 is 0. The molecule has 0 unspecified atom stereocenters. The van der Waals surface area contributed by atoms with E-state index >= 15 is 0 Å². The number of Topliss-reactive ketones (excluding diaryl/α,β-unsaturated/α-hetero) is 1. The van der Waals surface area contributed by atoms with Crippen molar-refractivity contribution in [2.75, 3.05) is 6.54 Å². The van der Waals surface area contributed by atoms with E-state index in [9.17, 15) is 14.4 Å². The minimum Gasteiger partial charge on any atom is -0.453 e. The van der Waals surface area contributed by atoms with Gasteiger partial charge >= 0.3 is 5.97 Å². The maximum absolute atomic E-state index is 13.0. The Hall–Kier alpha value is -2.17. The van der Waals surface area contributed by atoms with Gasteiger partial charge in [0.1, 0.15) is 6.54 Å². The number of esters is 1. The van der Waals surface area contributed by atoms with Crippen molar-refractivity contribution in [3.05, 3.63) is 34.9 Å². The van der Waals surface area contributed by atoms with Crippen LogP contribution < -0.4 is 5.32 Å². The van der Waals surface area contributed by atoms with Gasteiger partial charge in [0.05, 0.1) is 0 Å². The molecule has 5 heteroatoms. The number of carbonyl (C=O) groups excluding carboxylic acids is 3. The number of nitrogens with one attached hydrogen (secondary N) is 1.